The Morgan fingerprint density at radius 2 is 1.78 bits per heavy atom. The van der Waals surface area contributed by atoms with E-state index in [4.69, 9.17) is 0 Å². The van der Waals surface area contributed by atoms with Crippen LogP contribution in [0.5, 0.6) is 0 Å². The number of halogens is 3. The molecule has 0 atom stereocenters. The van der Waals surface area contributed by atoms with Crippen molar-refractivity contribution in [1.82, 2.24) is 4.98 Å². The first-order chi connectivity index (χ1) is 8.39. The summed E-state index contributed by atoms with van der Waals surface area (Å²) in [6.45, 7) is 5.55. The highest BCUT2D eigenvalue weighted by Crippen LogP contribution is 2.34. The van der Waals surface area contributed by atoms with Crippen molar-refractivity contribution in [2.24, 2.45) is 0 Å². The maximum atomic E-state index is 12.7. The van der Waals surface area contributed by atoms with E-state index < -0.39 is 11.9 Å². The third-order valence-corrected chi connectivity index (χ3v) is 3.22. The average Bonchev–Trinajstić information content (AvgIpc) is 2.80. The predicted molar refractivity (Wildman–Crippen MR) is 64.8 cm³/mol. The maximum Gasteiger partial charge on any atom is 0.433 e. The summed E-state index contributed by atoms with van der Waals surface area (Å²) in [4.78, 5) is 5.81. The summed E-state index contributed by atoms with van der Waals surface area (Å²) < 4.78 is 38.1. The first kappa shape index (κ1) is 13.2. The lowest BCUT2D eigenvalue weighted by atomic mass is 10.0. The number of rotatable bonds is 2. The Labute approximate surface area is 105 Å². The molecule has 0 aromatic carbocycles. The van der Waals surface area contributed by atoms with Crippen molar-refractivity contribution >= 4 is 5.82 Å². The van der Waals surface area contributed by atoms with E-state index in [2.05, 4.69) is 4.98 Å². The van der Waals surface area contributed by atoms with Gasteiger partial charge < -0.3 is 4.90 Å². The Morgan fingerprint density at radius 3 is 2.28 bits per heavy atom. The van der Waals surface area contributed by atoms with Gasteiger partial charge in [0.15, 0.2) is 0 Å². The van der Waals surface area contributed by atoms with Crippen molar-refractivity contribution in [3.63, 3.8) is 0 Å². The zero-order valence-electron chi connectivity index (χ0n) is 10.6. The number of hydrogen-bond acceptors (Lipinski definition) is 2. The van der Waals surface area contributed by atoms with Crippen molar-refractivity contribution in [1.29, 1.82) is 0 Å². The highest BCUT2D eigenvalue weighted by atomic mass is 19.4. The van der Waals surface area contributed by atoms with Crippen LogP contribution in [-0.2, 0) is 6.18 Å². The summed E-state index contributed by atoms with van der Waals surface area (Å²) in [6.07, 6.45) is -2.32. The fourth-order valence-corrected chi connectivity index (χ4v) is 2.25. The second kappa shape index (κ2) is 4.78. The molecule has 2 rings (SSSR count). The minimum Gasteiger partial charge on any atom is -0.356 e. The molecular formula is C13H17F3N2. The summed E-state index contributed by atoms with van der Waals surface area (Å²) in [5.41, 5.74) is 0.0960. The first-order valence-corrected chi connectivity index (χ1v) is 6.22. The van der Waals surface area contributed by atoms with Crippen molar-refractivity contribution in [2.45, 2.75) is 38.8 Å². The molecule has 2 nitrogen and oxygen atoms in total. The van der Waals surface area contributed by atoms with Crippen LogP contribution >= 0.6 is 0 Å². The molecule has 0 saturated carbocycles. The first-order valence-electron chi connectivity index (χ1n) is 6.22. The highest BCUT2D eigenvalue weighted by molar-refractivity contribution is 5.50. The lowest BCUT2D eigenvalue weighted by molar-refractivity contribution is -0.141. The van der Waals surface area contributed by atoms with Crippen molar-refractivity contribution in [3.8, 4) is 0 Å². The predicted octanol–water partition coefficient (Wildman–Crippen LogP) is 3.82. The summed E-state index contributed by atoms with van der Waals surface area (Å²) >= 11 is 0. The average molecular weight is 258 g/mol. The summed E-state index contributed by atoms with van der Waals surface area (Å²) in [5, 5.41) is 0. The molecule has 2 heterocycles. The molecule has 1 aliphatic heterocycles. The van der Waals surface area contributed by atoms with Crippen molar-refractivity contribution < 1.29 is 13.2 Å². The third kappa shape index (κ3) is 2.60. The summed E-state index contributed by atoms with van der Waals surface area (Å²) in [6, 6.07) is 2.64. The minimum atomic E-state index is -4.37. The molecular weight excluding hydrogens is 241 g/mol. The minimum absolute atomic E-state index is 0.176. The number of alkyl halides is 3. The Morgan fingerprint density at radius 1 is 1.17 bits per heavy atom. The molecule has 0 N–H and O–H groups in total. The Bertz CT molecular complexity index is 421. The Kier molecular flexibility index (Phi) is 3.50. The molecule has 1 saturated heterocycles. The van der Waals surface area contributed by atoms with Crippen LogP contribution in [0.3, 0.4) is 0 Å². The van der Waals surface area contributed by atoms with Crippen LogP contribution in [0.15, 0.2) is 12.1 Å². The van der Waals surface area contributed by atoms with Gasteiger partial charge in [0.2, 0.25) is 0 Å². The van der Waals surface area contributed by atoms with Gasteiger partial charge in [0.25, 0.3) is 0 Å². The summed E-state index contributed by atoms with van der Waals surface area (Å²) in [7, 11) is 0. The lowest BCUT2D eigenvalue weighted by Gasteiger charge is -2.23. The topological polar surface area (TPSA) is 16.1 Å². The van der Waals surface area contributed by atoms with Crippen LogP contribution in [0.2, 0.25) is 0 Å². The number of pyridine rings is 1. The van der Waals surface area contributed by atoms with Gasteiger partial charge in [0, 0.05) is 13.1 Å². The highest BCUT2D eigenvalue weighted by Gasteiger charge is 2.34. The van der Waals surface area contributed by atoms with Gasteiger partial charge in [-0.3, -0.25) is 0 Å². The van der Waals surface area contributed by atoms with Crippen molar-refractivity contribution in [2.75, 3.05) is 18.0 Å². The van der Waals surface area contributed by atoms with Crippen LogP contribution < -0.4 is 4.90 Å². The van der Waals surface area contributed by atoms with Gasteiger partial charge in [0.05, 0.1) is 0 Å². The zero-order chi connectivity index (χ0) is 13.3. The van der Waals surface area contributed by atoms with Gasteiger partial charge in [-0.15, -0.1) is 0 Å². The normalized spacial score (nSPS) is 16.7. The van der Waals surface area contributed by atoms with Gasteiger partial charge in [-0.25, -0.2) is 4.98 Å². The Balaban J connectivity index is 2.44. The zero-order valence-corrected chi connectivity index (χ0v) is 10.6. The number of hydrogen-bond donors (Lipinski definition) is 0. The molecule has 0 unspecified atom stereocenters. The maximum absolute atomic E-state index is 12.7. The number of aromatic nitrogens is 1. The fourth-order valence-electron chi connectivity index (χ4n) is 2.25. The van der Waals surface area contributed by atoms with Crippen LogP contribution in [-0.4, -0.2) is 18.1 Å². The number of anilines is 1. The molecule has 0 bridgehead atoms. The second-order valence-electron chi connectivity index (χ2n) is 4.96. The molecule has 100 valence electrons. The molecule has 1 fully saturated rings. The van der Waals surface area contributed by atoms with Crippen LogP contribution in [0.1, 0.15) is 43.9 Å². The van der Waals surface area contributed by atoms with Crippen LogP contribution in [0, 0.1) is 0 Å². The van der Waals surface area contributed by atoms with E-state index in [-0.39, 0.29) is 5.92 Å². The molecule has 0 amide bonds. The molecule has 1 aliphatic rings. The molecule has 5 heteroatoms. The third-order valence-electron chi connectivity index (χ3n) is 3.22. The fraction of sp³-hybridized carbons (Fsp3) is 0.615. The van der Waals surface area contributed by atoms with Crippen LogP contribution in [0.4, 0.5) is 19.0 Å². The standard InChI is InChI=1S/C13H17F3N2/c1-9(2)10-5-6-11(13(14,15)16)17-12(10)18-7-3-4-8-18/h5-6,9H,3-4,7-8H2,1-2H3. The monoisotopic (exact) mass is 258 g/mol. The SMILES string of the molecule is CC(C)c1ccc(C(F)(F)F)nc1N1CCCC1. The van der Waals surface area contributed by atoms with E-state index in [0.717, 1.165) is 37.6 Å². The largest absolute Gasteiger partial charge is 0.433 e. The van der Waals surface area contributed by atoms with E-state index in [1.54, 1.807) is 6.07 Å². The van der Waals surface area contributed by atoms with Gasteiger partial charge in [0.1, 0.15) is 11.5 Å². The molecule has 0 spiro atoms. The van der Waals surface area contributed by atoms with Crippen molar-refractivity contribution in [3.05, 3.63) is 23.4 Å². The molecule has 0 radical (unpaired) electrons. The molecule has 1 aromatic rings. The molecule has 1 aromatic heterocycles. The molecule has 0 aliphatic carbocycles. The van der Waals surface area contributed by atoms with E-state index in [9.17, 15) is 13.2 Å². The lowest BCUT2D eigenvalue weighted by Crippen LogP contribution is -2.23. The Hall–Kier alpha value is -1.26. The summed E-state index contributed by atoms with van der Waals surface area (Å²) in [5.74, 6) is 0.688. The number of nitrogens with zero attached hydrogens (tertiary/aromatic N) is 2. The molecule has 18 heavy (non-hydrogen) atoms. The van der Waals surface area contributed by atoms with Gasteiger partial charge in [-0.1, -0.05) is 19.9 Å². The van der Waals surface area contributed by atoms with E-state index in [1.807, 2.05) is 18.7 Å². The van der Waals surface area contributed by atoms with E-state index in [0.29, 0.717) is 5.82 Å². The van der Waals surface area contributed by atoms with Gasteiger partial charge in [-0.05, 0) is 30.4 Å². The van der Waals surface area contributed by atoms with Gasteiger partial charge in [-0.2, -0.15) is 13.2 Å². The van der Waals surface area contributed by atoms with Crippen LogP contribution in [0.25, 0.3) is 0 Å². The van der Waals surface area contributed by atoms with E-state index >= 15 is 0 Å². The second-order valence-corrected chi connectivity index (χ2v) is 4.96. The van der Waals surface area contributed by atoms with E-state index in [1.165, 1.54) is 0 Å². The van der Waals surface area contributed by atoms with Gasteiger partial charge >= 0.3 is 6.18 Å². The quantitative estimate of drug-likeness (QED) is 0.801. The smallest absolute Gasteiger partial charge is 0.356 e.